The minimum absolute atomic E-state index is 0.0163. The molecule has 0 radical (unpaired) electrons. The lowest BCUT2D eigenvalue weighted by Crippen LogP contribution is -2.53. The Morgan fingerprint density at radius 1 is 0.867 bits per heavy atom. The number of hydrogen-bond acceptors (Lipinski definition) is 4. The molecule has 4 aromatic rings. The van der Waals surface area contributed by atoms with E-state index in [1.165, 1.54) is 29.2 Å². The second-order valence-electron chi connectivity index (χ2n) is 10.7. The summed E-state index contributed by atoms with van der Waals surface area (Å²) < 4.78 is 29.2. The van der Waals surface area contributed by atoms with Gasteiger partial charge in [-0.1, -0.05) is 109 Å². The van der Waals surface area contributed by atoms with E-state index in [9.17, 15) is 18.0 Å². The maximum absolute atomic E-state index is 14.5. The monoisotopic (exact) mass is 665 g/mol. The van der Waals surface area contributed by atoms with E-state index < -0.39 is 28.5 Å². The third kappa shape index (κ3) is 8.87. The number of rotatable bonds is 14. The minimum atomic E-state index is -4.28. The van der Waals surface area contributed by atoms with Gasteiger partial charge in [-0.05, 0) is 60.4 Å². The first-order valence-corrected chi connectivity index (χ1v) is 17.0. The van der Waals surface area contributed by atoms with Crippen LogP contribution in [0.2, 0.25) is 10.0 Å². The molecule has 7 nitrogen and oxygen atoms in total. The SMILES string of the molecule is CCCCNC(=O)C(Cc1ccccc1)N(Cc1ccccc1C)C(=O)CN(c1cc(Cl)ccc1Cl)S(=O)(=O)c1ccccc1. The van der Waals surface area contributed by atoms with Crippen molar-refractivity contribution in [1.82, 2.24) is 10.2 Å². The average molecular weight is 667 g/mol. The van der Waals surface area contributed by atoms with Crippen LogP contribution in [0.25, 0.3) is 0 Å². The van der Waals surface area contributed by atoms with E-state index in [1.807, 2.05) is 68.4 Å². The highest BCUT2D eigenvalue weighted by molar-refractivity contribution is 7.92. The van der Waals surface area contributed by atoms with Crippen molar-refractivity contribution in [1.29, 1.82) is 0 Å². The smallest absolute Gasteiger partial charge is 0.264 e. The van der Waals surface area contributed by atoms with Gasteiger partial charge in [0.05, 0.1) is 15.6 Å². The number of nitrogens with zero attached hydrogens (tertiary/aromatic N) is 2. The van der Waals surface area contributed by atoms with Gasteiger partial charge < -0.3 is 10.2 Å². The summed E-state index contributed by atoms with van der Waals surface area (Å²) >= 11 is 12.8. The van der Waals surface area contributed by atoms with Crippen molar-refractivity contribution in [3.8, 4) is 0 Å². The number of unbranched alkanes of at least 4 members (excludes halogenated alkanes) is 1. The van der Waals surface area contributed by atoms with Gasteiger partial charge in [-0.15, -0.1) is 0 Å². The number of anilines is 1. The fourth-order valence-corrected chi connectivity index (χ4v) is 6.82. The molecule has 0 heterocycles. The standard InChI is InChI=1S/C35H37Cl2N3O4S/c1-3-4-21-38-35(42)33(22-27-14-7-5-8-15-27)39(24-28-16-12-11-13-26(28)2)34(41)25-40(32-23-29(36)19-20-31(32)37)45(43,44)30-17-9-6-10-18-30/h5-20,23,33H,3-4,21-22,24-25H2,1-2H3,(H,38,42). The lowest BCUT2D eigenvalue weighted by molar-refractivity contribution is -0.140. The van der Waals surface area contributed by atoms with Gasteiger partial charge in [-0.25, -0.2) is 8.42 Å². The summed E-state index contributed by atoms with van der Waals surface area (Å²) in [6.45, 7) is 3.90. The molecule has 4 aromatic carbocycles. The molecule has 1 unspecified atom stereocenters. The molecule has 236 valence electrons. The van der Waals surface area contributed by atoms with Gasteiger partial charge >= 0.3 is 0 Å². The summed E-state index contributed by atoms with van der Waals surface area (Å²) in [4.78, 5) is 29.8. The first kappa shape index (κ1) is 34.0. The Kier molecular flexibility index (Phi) is 12.0. The molecule has 0 saturated heterocycles. The average Bonchev–Trinajstić information content (AvgIpc) is 3.04. The Balaban J connectivity index is 1.82. The second-order valence-corrected chi connectivity index (χ2v) is 13.4. The van der Waals surface area contributed by atoms with Crippen LogP contribution in [-0.4, -0.2) is 44.3 Å². The van der Waals surface area contributed by atoms with Crippen molar-refractivity contribution in [2.75, 3.05) is 17.4 Å². The molecule has 0 bridgehead atoms. The lowest BCUT2D eigenvalue weighted by atomic mass is 10.0. The van der Waals surface area contributed by atoms with Crippen molar-refractivity contribution in [3.05, 3.63) is 130 Å². The van der Waals surface area contributed by atoms with Gasteiger partial charge in [0.2, 0.25) is 11.8 Å². The van der Waals surface area contributed by atoms with Gasteiger partial charge in [0, 0.05) is 24.5 Å². The van der Waals surface area contributed by atoms with Crippen LogP contribution in [0.3, 0.4) is 0 Å². The Labute approximate surface area is 275 Å². The Morgan fingerprint density at radius 2 is 1.51 bits per heavy atom. The number of carbonyl (C=O) groups is 2. The number of benzene rings is 4. The fourth-order valence-electron chi connectivity index (χ4n) is 4.94. The van der Waals surface area contributed by atoms with E-state index >= 15 is 0 Å². The number of halogens is 2. The van der Waals surface area contributed by atoms with Crippen LogP contribution in [0.15, 0.2) is 108 Å². The predicted molar refractivity (Wildman–Crippen MR) is 181 cm³/mol. The molecule has 4 rings (SSSR count). The maximum atomic E-state index is 14.5. The molecular weight excluding hydrogens is 629 g/mol. The number of carbonyl (C=O) groups excluding carboxylic acids is 2. The van der Waals surface area contributed by atoms with E-state index in [0.717, 1.165) is 33.8 Å². The fraction of sp³-hybridized carbons (Fsp3) is 0.257. The molecule has 10 heteroatoms. The highest BCUT2D eigenvalue weighted by Gasteiger charge is 2.35. The summed E-state index contributed by atoms with van der Waals surface area (Å²) in [7, 11) is -4.28. The van der Waals surface area contributed by atoms with Gasteiger partial charge in [0.25, 0.3) is 10.0 Å². The highest BCUT2D eigenvalue weighted by atomic mass is 35.5. The van der Waals surface area contributed by atoms with Gasteiger partial charge in [-0.3, -0.25) is 13.9 Å². The predicted octanol–water partition coefficient (Wildman–Crippen LogP) is 7.05. The normalized spacial score (nSPS) is 11.9. The van der Waals surface area contributed by atoms with E-state index in [4.69, 9.17) is 23.2 Å². The zero-order valence-electron chi connectivity index (χ0n) is 25.3. The van der Waals surface area contributed by atoms with Crippen molar-refractivity contribution in [2.45, 2.75) is 50.6 Å². The van der Waals surface area contributed by atoms with Crippen LogP contribution in [0.1, 0.15) is 36.5 Å². The zero-order valence-corrected chi connectivity index (χ0v) is 27.7. The molecule has 0 fully saturated rings. The molecule has 0 spiro atoms. The van der Waals surface area contributed by atoms with Crippen LogP contribution >= 0.6 is 23.2 Å². The number of sulfonamides is 1. The minimum Gasteiger partial charge on any atom is -0.354 e. The zero-order chi connectivity index (χ0) is 32.4. The number of aryl methyl sites for hydroxylation is 1. The highest BCUT2D eigenvalue weighted by Crippen LogP contribution is 2.33. The largest absolute Gasteiger partial charge is 0.354 e. The Morgan fingerprint density at radius 3 is 2.18 bits per heavy atom. The Bertz CT molecular complexity index is 1700. The molecule has 45 heavy (non-hydrogen) atoms. The number of hydrogen-bond donors (Lipinski definition) is 1. The molecule has 0 aliphatic heterocycles. The summed E-state index contributed by atoms with van der Waals surface area (Å²) in [5, 5.41) is 3.35. The van der Waals surface area contributed by atoms with E-state index in [1.54, 1.807) is 24.3 Å². The van der Waals surface area contributed by atoms with Crippen LogP contribution in [-0.2, 0) is 32.6 Å². The molecule has 0 saturated carbocycles. The number of nitrogens with one attached hydrogen (secondary N) is 1. The topological polar surface area (TPSA) is 86.8 Å². The van der Waals surface area contributed by atoms with Crippen molar-refractivity contribution in [2.24, 2.45) is 0 Å². The van der Waals surface area contributed by atoms with Gasteiger partial charge in [-0.2, -0.15) is 0 Å². The first-order valence-electron chi connectivity index (χ1n) is 14.8. The van der Waals surface area contributed by atoms with Gasteiger partial charge in [0.15, 0.2) is 0 Å². The summed E-state index contributed by atoms with van der Waals surface area (Å²) in [6, 6.07) is 28.4. The van der Waals surface area contributed by atoms with E-state index in [2.05, 4.69) is 5.32 Å². The van der Waals surface area contributed by atoms with Crippen molar-refractivity contribution in [3.63, 3.8) is 0 Å². The first-order chi connectivity index (χ1) is 21.6. The molecule has 1 atom stereocenters. The summed E-state index contributed by atoms with van der Waals surface area (Å²) in [5.41, 5.74) is 2.70. The molecule has 0 aromatic heterocycles. The molecular formula is C35H37Cl2N3O4S. The lowest BCUT2D eigenvalue weighted by Gasteiger charge is -2.34. The van der Waals surface area contributed by atoms with Crippen LogP contribution in [0.4, 0.5) is 5.69 Å². The van der Waals surface area contributed by atoms with Crippen LogP contribution in [0.5, 0.6) is 0 Å². The van der Waals surface area contributed by atoms with Crippen molar-refractivity contribution < 1.29 is 18.0 Å². The van der Waals surface area contributed by atoms with Gasteiger partial charge in [0.1, 0.15) is 12.6 Å². The maximum Gasteiger partial charge on any atom is 0.264 e. The quantitative estimate of drug-likeness (QED) is 0.146. The summed E-state index contributed by atoms with van der Waals surface area (Å²) in [6.07, 6.45) is 1.91. The molecule has 0 aliphatic rings. The van der Waals surface area contributed by atoms with E-state index in [0.29, 0.717) is 6.54 Å². The number of amides is 2. The molecule has 1 N–H and O–H groups in total. The molecule has 2 amide bonds. The third-order valence-electron chi connectivity index (χ3n) is 7.49. The second kappa shape index (κ2) is 15.9. The molecule has 0 aliphatic carbocycles. The Hall–Kier alpha value is -3.85. The third-order valence-corrected chi connectivity index (χ3v) is 9.82. The summed E-state index contributed by atoms with van der Waals surface area (Å²) in [5.74, 6) is -0.882. The van der Waals surface area contributed by atoms with Crippen LogP contribution in [0, 0.1) is 6.92 Å². The van der Waals surface area contributed by atoms with Crippen LogP contribution < -0.4 is 9.62 Å². The van der Waals surface area contributed by atoms with E-state index in [-0.39, 0.29) is 39.5 Å². The van der Waals surface area contributed by atoms with Crippen molar-refractivity contribution >= 4 is 50.7 Å².